The van der Waals surface area contributed by atoms with Crippen LogP contribution in [0.15, 0.2) is 18.2 Å². The van der Waals surface area contributed by atoms with Crippen molar-refractivity contribution in [3.8, 4) is 11.5 Å². The molecule has 2 atom stereocenters. The summed E-state index contributed by atoms with van der Waals surface area (Å²) in [6.07, 6.45) is 2.98. The van der Waals surface area contributed by atoms with Gasteiger partial charge in [-0.2, -0.15) is 0 Å². The van der Waals surface area contributed by atoms with Gasteiger partial charge >= 0.3 is 0 Å². The summed E-state index contributed by atoms with van der Waals surface area (Å²) < 4.78 is 10.6. The van der Waals surface area contributed by atoms with Crippen molar-refractivity contribution in [3.05, 3.63) is 23.8 Å². The number of hydrogen-bond donors (Lipinski definition) is 2. The highest BCUT2D eigenvalue weighted by atomic mass is 16.7. The molecule has 3 aliphatic rings. The molecule has 0 unspecified atom stereocenters. The van der Waals surface area contributed by atoms with Gasteiger partial charge in [0, 0.05) is 31.7 Å². The Morgan fingerprint density at radius 3 is 2.84 bits per heavy atom. The minimum absolute atomic E-state index is 0.106. The topological polar surface area (TPSA) is 79.9 Å². The third-order valence-corrected chi connectivity index (χ3v) is 5.12. The van der Waals surface area contributed by atoms with Gasteiger partial charge in [-0.3, -0.25) is 9.59 Å². The van der Waals surface area contributed by atoms with E-state index in [1.54, 1.807) is 18.2 Å². The van der Waals surface area contributed by atoms with Crippen LogP contribution in [0.1, 0.15) is 29.6 Å². The van der Waals surface area contributed by atoms with Crippen LogP contribution in [0, 0.1) is 5.92 Å². The maximum absolute atomic E-state index is 12.4. The third-order valence-electron chi connectivity index (χ3n) is 5.12. The molecule has 7 heteroatoms. The number of carbonyl (C=O) groups excluding carboxylic acids is 2. The minimum Gasteiger partial charge on any atom is -0.454 e. The zero-order valence-corrected chi connectivity index (χ0v) is 14.1. The molecule has 1 aromatic carbocycles. The molecule has 134 valence electrons. The summed E-state index contributed by atoms with van der Waals surface area (Å²) in [4.78, 5) is 26.7. The fourth-order valence-electron chi connectivity index (χ4n) is 3.69. The Kier molecular flexibility index (Phi) is 4.48. The highest BCUT2D eigenvalue weighted by molar-refractivity contribution is 5.95. The van der Waals surface area contributed by atoms with E-state index < -0.39 is 0 Å². The van der Waals surface area contributed by atoms with Crippen LogP contribution in [0.25, 0.3) is 0 Å². The second-order valence-corrected chi connectivity index (χ2v) is 6.87. The summed E-state index contributed by atoms with van der Waals surface area (Å²) in [5.41, 5.74) is 0.555. The Hall–Kier alpha value is -2.28. The first-order valence-electron chi connectivity index (χ1n) is 8.91. The van der Waals surface area contributed by atoms with E-state index in [1.165, 1.54) is 0 Å². The number of nitrogens with zero attached hydrogens (tertiary/aromatic N) is 1. The number of carbonyl (C=O) groups is 2. The van der Waals surface area contributed by atoms with Crippen LogP contribution in [0.2, 0.25) is 0 Å². The fraction of sp³-hybridized carbons (Fsp3) is 0.556. The smallest absolute Gasteiger partial charge is 0.251 e. The molecular formula is C18H23N3O4. The van der Waals surface area contributed by atoms with Gasteiger partial charge in [-0.15, -0.1) is 0 Å². The first-order valence-corrected chi connectivity index (χ1v) is 8.91. The van der Waals surface area contributed by atoms with E-state index in [2.05, 4.69) is 10.6 Å². The van der Waals surface area contributed by atoms with Crippen LogP contribution in [0.5, 0.6) is 11.5 Å². The van der Waals surface area contributed by atoms with E-state index in [0.29, 0.717) is 23.6 Å². The SMILES string of the molecule is O=C(NC[C@@H]1CN[C@H](C(=O)N2CCCC2)C1)c1ccc2c(c1)OCO2. The lowest BCUT2D eigenvalue weighted by Gasteiger charge is -2.20. The number of ether oxygens (including phenoxy) is 2. The minimum atomic E-state index is -0.132. The van der Waals surface area contributed by atoms with Gasteiger partial charge in [-0.1, -0.05) is 0 Å². The molecule has 2 fully saturated rings. The van der Waals surface area contributed by atoms with Gasteiger partial charge in [-0.25, -0.2) is 0 Å². The molecule has 0 aliphatic carbocycles. The number of fused-ring (bicyclic) bond motifs is 1. The predicted molar refractivity (Wildman–Crippen MR) is 90.6 cm³/mol. The van der Waals surface area contributed by atoms with Crippen LogP contribution in [0.3, 0.4) is 0 Å². The van der Waals surface area contributed by atoms with E-state index in [-0.39, 0.29) is 30.6 Å². The first kappa shape index (κ1) is 16.2. The maximum atomic E-state index is 12.4. The summed E-state index contributed by atoms with van der Waals surface area (Å²) >= 11 is 0. The molecule has 3 heterocycles. The monoisotopic (exact) mass is 345 g/mol. The number of amides is 2. The molecule has 7 nitrogen and oxygen atoms in total. The molecule has 25 heavy (non-hydrogen) atoms. The quantitative estimate of drug-likeness (QED) is 0.842. The van der Waals surface area contributed by atoms with Crippen LogP contribution in [0.4, 0.5) is 0 Å². The normalized spacial score (nSPS) is 24.6. The van der Waals surface area contributed by atoms with Crippen LogP contribution < -0.4 is 20.1 Å². The van der Waals surface area contributed by atoms with Crippen LogP contribution in [-0.4, -0.2) is 55.7 Å². The summed E-state index contributed by atoms with van der Waals surface area (Å²) in [6, 6.07) is 5.07. The Labute approximate surface area is 146 Å². The van der Waals surface area contributed by atoms with Gasteiger partial charge in [0.05, 0.1) is 6.04 Å². The highest BCUT2D eigenvalue weighted by Gasteiger charge is 2.33. The van der Waals surface area contributed by atoms with Gasteiger partial charge in [0.1, 0.15) is 0 Å². The molecule has 0 aromatic heterocycles. The zero-order chi connectivity index (χ0) is 17.2. The molecule has 3 aliphatic heterocycles. The number of nitrogens with one attached hydrogen (secondary N) is 2. The lowest BCUT2D eigenvalue weighted by Crippen LogP contribution is -2.42. The van der Waals surface area contributed by atoms with Gasteiger partial charge in [0.15, 0.2) is 11.5 Å². The summed E-state index contributed by atoms with van der Waals surface area (Å²) in [6.45, 7) is 3.27. The zero-order valence-electron chi connectivity index (χ0n) is 14.1. The predicted octanol–water partition coefficient (Wildman–Crippen LogP) is 0.746. The highest BCUT2D eigenvalue weighted by Crippen LogP contribution is 2.32. The molecule has 4 rings (SSSR count). The Morgan fingerprint density at radius 1 is 1.20 bits per heavy atom. The van der Waals surface area contributed by atoms with Crippen LogP contribution in [-0.2, 0) is 4.79 Å². The van der Waals surface area contributed by atoms with Crippen molar-refractivity contribution in [1.29, 1.82) is 0 Å². The molecule has 1 aromatic rings. The Morgan fingerprint density at radius 2 is 2.00 bits per heavy atom. The average molecular weight is 345 g/mol. The number of benzene rings is 1. The molecule has 0 bridgehead atoms. The molecule has 0 radical (unpaired) electrons. The second kappa shape index (κ2) is 6.92. The third kappa shape index (κ3) is 3.42. The van der Waals surface area contributed by atoms with E-state index in [9.17, 15) is 9.59 Å². The molecule has 2 saturated heterocycles. The van der Waals surface area contributed by atoms with Crippen LogP contribution >= 0.6 is 0 Å². The van der Waals surface area contributed by atoms with Crippen molar-refractivity contribution in [2.24, 2.45) is 5.92 Å². The molecule has 2 amide bonds. The Bertz CT molecular complexity index is 672. The van der Waals surface area contributed by atoms with Gasteiger partial charge in [0.25, 0.3) is 5.91 Å². The number of hydrogen-bond acceptors (Lipinski definition) is 5. The van der Waals surface area contributed by atoms with Crippen molar-refractivity contribution in [3.63, 3.8) is 0 Å². The maximum Gasteiger partial charge on any atom is 0.251 e. The van der Waals surface area contributed by atoms with Gasteiger partial charge in [0.2, 0.25) is 12.7 Å². The Balaban J connectivity index is 1.27. The first-order chi connectivity index (χ1) is 12.2. The fourth-order valence-corrected chi connectivity index (χ4v) is 3.69. The number of likely N-dealkylation sites (tertiary alicyclic amines) is 1. The van der Waals surface area contributed by atoms with Crippen molar-refractivity contribution in [2.45, 2.75) is 25.3 Å². The van der Waals surface area contributed by atoms with Gasteiger partial charge < -0.3 is 25.0 Å². The lowest BCUT2D eigenvalue weighted by molar-refractivity contribution is -0.132. The van der Waals surface area contributed by atoms with Crippen molar-refractivity contribution in [2.75, 3.05) is 33.0 Å². The largest absolute Gasteiger partial charge is 0.454 e. The second-order valence-electron chi connectivity index (χ2n) is 6.87. The number of rotatable bonds is 4. The van der Waals surface area contributed by atoms with E-state index in [4.69, 9.17) is 9.47 Å². The van der Waals surface area contributed by atoms with E-state index in [1.807, 2.05) is 4.90 Å². The van der Waals surface area contributed by atoms with Gasteiger partial charge in [-0.05, 0) is 43.4 Å². The summed E-state index contributed by atoms with van der Waals surface area (Å²) in [5.74, 6) is 1.62. The molecular weight excluding hydrogens is 322 g/mol. The van der Waals surface area contributed by atoms with Crippen molar-refractivity contribution < 1.29 is 19.1 Å². The summed E-state index contributed by atoms with van der Waals surface area (Å²) in [5, 5.41) is 6.26. The average Bonchev–Trinajstić information content (AvgIpc) is 3.39. The van der Waals surface area contributed by atoms with Crippen molar-refractivity contribution >= 4 is 11.8 Å². The van der Waals surface area contributed by atoms with E-state index in [0.717, 1.165) is 38.9 Å². The summed E-state index contributed by atoms with van der Waals surface area (Å²) in [7, 11) is 0. The van der Waals surface area contributed by atoms with Crippen molar-refractivity contribution in [1.82, 2.24) is 15.5 Å². The lowest BCUT2D eigenvalue weighted by atomic mass is 10.0. The van der Waals surface area contributed by atoms with E-state index >= 15 is 0 Å². The standard InChI is InChI=1S/C18H23N3O4/c22-17(13-3-4-15-16(8-13)25-11-24-15)20-10-12-7-14(19-9-12)18(23)21-5-1-2-6-21/h3-4,8,12,14,19H,1-2,5-7,9-11H2,(H,20,22)/t12-,14-/m0/s1. The molecule has 0 spiro atoms. The molecule has 0 saturated carbocycles. The molecule has 2 N–H and O–H groups in total.